The Labute approximate surface area is 158 Å². The molecule has 0 amide bonds. The van der Waals surface area contributed by atoms with Gasteiger partial charge in [0.2, 0.25) is 0 Å². The lowest BCUT2D eigenvalue weighted by Crippen LogP contribution is -2.37. The van der Waals surface area contributed by atoms with Crippen molar-refractivity contribution in [3.63, 3.8) is 0 Å². The Balaban J connectivity index is 2.06. The number of rotatable bonds is 5. The first-order chi connectivity index (χ1) is 13.1. The van der Waals surface area contributed by atoms with Gasteiger partial charge in [0.15, 0.2) is 5.78 Å². The van der Waals surface area contributed by atoms with Crippen LogP contribution in [0.1, 0.15) is 41.8 Å². The van der Waals surface area contributed by atoms with E-state index in [0.29, 0.717) is 11.3 Å². The van der Waals surface area contributed by atoms with E-state index in [4.69, 9.17) is 14.0 Å². The second-order valence-corrected chi connectivity index (χ2v) is 6.21. The van der Waals surface area contributed by atoms with Crippen molar-refractivity contribution < 1.29 is 28.5 Å². The molecule has 1 aromatic carbocycles. The number of ether oxygens (including phenoxy) is 1. The molecule has 28 heavy (non-hydrogen) atoms. The summed E-state index contributed by atoms with van der Waals surface area (Å²) in [7, 11) is 0. The maximum atomic E-state index is 12.1. The Kier molecular flexibility index (Phi) is 4.60. The minimum Gasteiger partial charge on any atom is -0.457 e. The van der Waals surface area contributed by atoms with Gasteiger partial charge in [0.25, 0.3) is 5.69 Å². The van der Waals surface area contributed by atoms with E-state index in [2.05, 4.69) is 18.3 Å². The van der Waals surface area contributed by atoms with E-state index in [0.717, 1.165) is 0 Å². The Morgan fingerprint density at radius 1 is 1.21 bits per heavy atom. The number of ketones is 1. The van der Waals surface area contributed by atoms with Crippen molar-refractivity contribution in [3.8, 4) is 0 Å². The molecule has 3 rings (SSSR count). The molecule has 1 aromatic heterocycles. The minimum absolute atomic E-state index is 0.0494. The highest BCUT2D eigenvalue weighted by Crippen LogP contribution is 2.38. The Morgan fingerprint density at radius 3 is 2.39 bits per heavy atom. The number of non-ortho nitro benzene ring substituents is 1. The van der Waals surface area contributed by atoms with Crippen LogP contribution in [0.4, 0.5) is 5.69 Å². The Bertz CT molecular complexity index is 1110. The van der Waals surface area contributed by atoms with E-state index in [1.165, 1.54) is 38.1 Å². The summed E-state index contributed by atoms with van der Waals surface area (Å²) >= 11 is 0. The van der Waals surface area contributed by atoms with Gasteiger partial charge >= 0.3 is 11.8 Å². The van der Waals surface area contributed by atoms with Gasteiger partial charge in [-0.25, -0.2) is 0 Å². The van der Waals surface area contributed by atoms with Crippen LogP contribution in [-0.4, -0.2) is 22.4 Å². The maximum absolute atomic E-state index is 12.1. The predicted octanol–water partition coefficient (Wildman–Crippen LogP) is 1.75. The summed E-state index contributed by atoms with van der Waals surface area (Å²) in [5, 5.41) is 14.8. The molecule has 1 unspecified atom stereocenters. The summed E-state index contributed by atoms with van der Waals surface area (Å²) in [5.41, 5.74) is 1.21. The molecule has 0 aliphatic carbocycles. The normalized spacial score (nSPS) is 18.3. The monoisotopic (exact) mass is 384 g/mol. The highest BCUT2D eigenvalue weighted by molar-refractivity contribution is 6.02. The molecule has 0 radical (unpaired) electrons. The number of furan rings is 1. The van der Waals surface area contributed by atoms with Crippen LogP contribution in [0.2, 0.25) is 0 Å². The lowest BCUT2D eigenvalue weighted by Gasteiger charge is -2.25. The highest BCUT2D eigenvalue weighted by atomic mass is 16.8. The number of nitrogens with zero attached hydrogens (tertiary/aromatic N) is 2. The van der Waals surface area contributed by atoms with Crippen molar-refractivity contribution in [2.24, 2.45) is 5.16 Å². The summed E-state index contributed by atoms with van der Waals surface area (Å²) in [6.45, 7) is 9.94. The highest BCUT2D eigenvalue weighted by Gasteiger charge is 2.49. The van der Waals surface area contributed by atoms with Crippen LogP contribution in [0.15, 0.2) is 33.8 Å². The van der Waals surface area contributed by atoms with Crippen LogP contribution in [0, 0.1) is 10.1 Å². The largest absolute Gasteiger partial charge is 0.457 e. The fourth-order valence-corrected chi connectivity index (χ4v) is 3.12. The van der Waals surface area contributed by atoms with Crippen LogP contribution < -0.4 is 10.8 Å². The zero-order valence-corrected chi connectivity index (χ0v) is 15.2. The lowest BCUT2D eigenvalue weighted by atomic mass is 9.94. The third-order valence-corrected chi connectivity index (χ3v) is 4.21. The smallest absolute Gasteiger partial charge is 0.314 e. The molecule has 1 aliphatic rings. The van der Waals surface area contributed by atoms with Crippen molar-refractivity contribution in [2.45, 2.75) is 26.1 Å². The number of oxime groups is 1. The van der Waals surface area contributed by atoms with Crippen molar-refractivity contribution in [1.29, 1.82) is 0 Å². The van der Waals surface area contributed by atoms with Crippen LogP contribution in [0.5, 0.6) is 0 Å². The number of hydrogen-bond donors (Lipinski definition) is 0. The summed E-state index contributed by atoms with van der Waals surface area (Å²) in [6, 6.07) is 5.65. The SMILES string of the molecule is C=c1oc(=C)c(C2(OC(C)=O)CC(c3ccc([N+](=O)[O-])cc3)=NO2)c1C(C)=O. The second-order valence-electron chi connectivity index (χ2n) is 6.21. The topological polar surface area (TPSA) is 121 Å². The molecule has 9 nitrogen and oxygen atoms in total. The van der Waals surface area contributed by atoms with Gasteiger partial charge in [-0.2, -0.15) is 0 Å². The quantitative estimate of drug-likeness (QED) is 0.333. The first-order valence-electron chi connectivity index (χ1n) is 8.16. The molecular formula is C19H16N2O7. The zero-order chi connectivity index (χ0) is 20.6. The molecule has 0 fully saturated rings. The number of carbonyl (C=O) groups excluding carboxylic acids is 2. The van der Waals surface area contributed by atoms with Crippen LogP contribution in [0.25, 0.3) is 13.2 Å². The molecular weight excluding hydrogens is 368 g/mol. The maximum Gasteiger partial charge on any atom is 0.314 e. The van der Waals surface area contributed by atoms with Gasteiger partial charge in [0.05, 0.1) is 28.2 Å². The number of carbonyl (C=O) groups is 2. The zero-order valence-electron chi connectivity index (χ0n) is 15.2. The average Bonchev–Trinajstić information content (AvgIpc) is 3.15. The number of esters is 1. The van der Waals surface area contributed by atoms with Crippen molar-refractivity contribution in [3.05, 3.63) is 61.9 Å². The molecule has 2 aromatic rings. The van der Waals surface area contributed by atoms with Gasteiger partial charge in [0, 0.05) is 24.6 Å². The van der Waals surface area contributed by atoms with Crippen LogP contribution >= 0.6 is 0 Å². The predicted molar refractivity (Wildman–Crippen MR) is 97.8 cm³/mol. The fraction of sp³-hybridized carbons (Fsp3) is 0.211. The van der Waals surface area contributed by atoms with Crippen LogP contribution in [0.3, 0.4) is 0 Å². The van der Waals surface area contributed by atoms with Gasteiger partial charge in [-0.05, 0) is 19.1 Å². The Hall–Kier alpha value is -3.75. The first kappa shape index (κ1) is 19.0. The van der Waals surface area contributed by atoms with E-state index in [1.807, 2.05) is 0 Å². The van der Waals surface area contributed by atoms with Gasteiger partial charge in [0.1, 0.15) is 10.8 Å². The summed E-state index contributed by atoms with van der Waals surface area (Å²) in [6.07, 6.45) is -0.0494. The molecule has 1 atom stereocenters. The first-order valence-corrected chi connectivity index (χ1v) is 8.16. The van der Waals surface area contributed by atoms with Gasteiger partial charge < -0.3 is 14.0 Å². The van der Waals surface area contributed by atoms with Gasteiger partial charge in [-0.1, -0.05) is 18.3 Å². The number of nitro benzene ring substituents is 1. The van der Waals surface area contributed by atoms with E-state index < -0.39 is 16.7 Å². The van der Waals surface area contributed by atoms with E-state index >= 15 is 0 Å². The third-order valence-electron chi connectivity index (χ3n) is 4.21. The van der Waals surface area contributed by atoms with Crippen molar-refractivity contribution in [2.75, 3.05) is 0 Å². The van der Waals surface area contributed by atoms with Gasteiger partial charge in [-0.15, -0.1) is 0 Å². The van der Waals surface area contributed by atoms with Crippen molar-refractivity contribution >= 4 is 36.3 Å². The van der Waals surface area contributed by atoms with Crippen molar-refractivity contribution in [1.82, 2.24) is 0 Å². The summed E-state index contributed by atoms with van der Waals surface area (Å²) in [5.74, 6) is -2.78. The molecule has 2 heterocycles. The van der Waals surface area contributed by atoms with E-state index in [1.54, 1.807) is 0 Å². The molecule has 0 saturated carbocycles. The molecule has 144 valence electrons. The molecule has 0 spiro atoms. The number of benzene rings is 1. The standard InChI is InChI=1S/C19H16N2O7/c1-10(22)17-11(2)26-12(3)18(17)19(27-13(4)23)9-16(20-28-19)14-5-7-15(8-6-14)21(24)25/h5-8H,2-3,9H2,1,4H3. The summed E-state index contributed by atoms with van der Waals surface area (Å²) < 4.78 is 10.8. The van der Waals surface area contributed by atoms with E-state index in [9.17, 15) is 19.7 Å². The number of hydrogen-bond acceptors (Lipinski definition) is 8. The average molecular weight is 384 g/mol. The fourth-order valence-electron chi connectivity index (χ4n) is 3.12. The molecule has 0 bridgehead atoms. The second kappa shape index (κ2) is 6.76. The molecule has 9 heteroatoms. The minimum atomic E-state index is -1.75. The third kappa shape index (κ3) is 3.18. The van der Waals surface area contributed by atoms with Crippen LogP contribution in [-0.2, 0) is 20.2 Å². The molecule has 1 aliphatic heterocycles. The van der Waals surface area contributed by atoms with E-state index in [-0.39, 0.29) is 39.8 Å². The van der Waals surface area contributed by atoms with Gasteiger partial charge in [-0.3, -0.25) is 19.7 Å². The lowest BCUT2D eigenvalue weighted by molar-refractivity contribution is -0.384. The molecule has 0 N–H and O–H groups in total. The molecule has 0 saturated heterocycles. The number of Topliss-reactive ketones (excluding diaryl/α,β-unsaturated/α-hetero) is 1. The number of nitro groups is 1. The summed E-state index contributed by atoms with van der Waals surface area (Å²) in [4.78, 5) is 39.7. The Morgan fingerprint density at radius 2 is 1.86 bits per heavy atom.